The van der Waals surface area contributed by atoms with Crippen LogP contribution in [0.1, 0.15) is 39.7 Å². The van der Waals surface area contributed by atoms with E-state index in [1.54, 1.807) is 11.3 Å². The highest BCUT2D eigenvalue weighted by atomic mass is 32.1. The number of carboxylic acids is 1. The number of carbonyl (C=O) groups excluding carboxylic acids is 1. The Kier molecular flexibility index (Phi) is 4.32. The zero-order chi connectivity index (χ0) is 15.5. The van der Waals surface area contributed by atoms with Gasteiger partial charge in [-0.15, -0.1) is 11.3 Å². The average Bonchev–Trinajstić information content (AvgIpc) is 3.00. The van der Waals surface area contributed by atoms with E-state index < -0.39 is 5.97 Å². The van der Waals surface area contributed by atoms with Gasteiger partial charge in [0.2, 0.25) is 0 Å². The first-order valence-corrected chi connectivity index (χ1v) is 7.15. The normalized spacial score (nSPS) is 11.1. The summed E-state index contributed by atoms with van der Waals surface area (Å²) < 4.78 is 0. The van der Waals surface area contributed by atoms with E-state index in [4.69, 9.17) is 5.11 Å². The van der Waals surface area contributed by atoms with Gasteiger partial charge in [0.25, 0.3) is 5.91 Å². The fourth-order valence-corrected chi connectivity index (χ4v) is 2.55. The van der Waals surface area contributed by atoms with Crippen molar-refractivity contribution in [2.75, 3.05) is 6.54 Å². The fourth-order valence-electron chi connectivity index (χ4n) is 1.70. The van der Waals surface area contributed by atoms with Gasteiger partial charge in [0.05, 0.1) is 12.4 Å². The Morgan fingerprint density at radius 2 is 1.95 bits per heavy atom. The molecule has 2 N–H and O–H groups in total. The van der Waals surface area contributed by atoms with Crippen LogP contribution in [0.5, 0.6) is 0 Å². The minimum atomic E-state index is -1.17. The van der Waals surface area contributed by atoms with E-state index in [-0.39, 0.29) is 22.7 Å². The van der Waals surface area contributed by atoms with Gasteiger partial charge in [0.1, 0.15) is 5.69 Å². The average molecular weight is 305 g/mol. The summed E-state index contributed by atoms with van der Waals surface area (Å²) in [5.74, 6) is -1.54. The molecule has 0 unspecified atom stereocenters. The number of thiophene rings is 1. The summed E-state index contributed by atoms with van der Waals surface area (Å²) in [5, 5.41) is 13.5. The maximum atomic E-state index is 12.0. The molecule has 2 rings (SSSR count). The Morgan fingerprint density at radius 3 is 2.48 bits per heavy atom. The summed E-state index contributed by atoms with van der Waals surface area (Å²) in [5.41, 5.74) is -0.273. The van der Waals surface area contributed by atoms with Gasteiger partial charge in [-0.25, -0.2) is 14.8 Å². The van der Waals surface area contributed by atoms with Crippen LogP contribution in [0.15, 0.2) is 29.9 Å². The second kappa shape index (κ2) is 6.01. The molecule has 0 aromatic carbocycles. The third-order valence-electron chi connectivity index (χ3n) is 2.98. The number of carbonyl (C=O) groups is 2. The zero-order valence-electron chi connectivity index (χ0n) is 11.7. The van der Waals surface area contributed by atoms with Crippen LogP contribution in [0.25, 0.3) is 0 Å². The van der Waals surface area contributed by atoms with Gasteiger partial charge in [-0.05, 0) is 11.4 Å². The summed E-state index contributed by atoms with van der Waals surface area (Å²) in [4.78, 5) is 31.3. The van der Waals surface area contributed by atoms with Crippen molar-refractivity contribution in [3.05, 3.63) is 46.2 Å². The molecule has 0 aliphatic carbocycles. The number of hydrogen-bond acceptors (Lipinski definition) is 5. The highest BCUT2D eigenvalue weighted by Crippen LogP contribution is 2.26. The van der Waals surface area contributed by atoms with Crippen LogP contribution in [0.2, 0.25) is 0 Å². The van der Waals surface area contributed by atoms with E-state index in [1.165, 1.54) is 4.88 Å². The first-order chi connectivity index (χ1) is 9.90. The lowest BCUT2D eigenvalue weighted by Gasteiger charge is -2.23. The van der Waals surface area contributed by atoms with E-state index in [0.717, 1.165) is 12.4 Å². The van der Waals surface area contributed by atoms with Gasteiger partial charge >= 0.3 is 5.97 Å². The topological polar surface area (TPSA) is 92.2 Å². The number of aromatic carboxylic acids is 1. The van der Waals surface area contributed by atoms with Crippen LogP contribution in [0.4, 0.5) is 0 Å². The molecule has 0 atom stereocenters. The molecule has 2 aromatic rings. The second-order valence-electron chi connectivity index (χ2n) is 5.14. The van der Waals surface area contributed by atoms with Crippen LogP contribution in [-0.2, 0) is 5.41 Å². The molecule has 21 heavy (non-hydrogen) atoms. The van der Waals surface area contributed by atoms with Gasteiger partial charge in [-0.1, -0.05) is 19.9 Å². The smallest absolute Gasteiger partial charge is 0.356 e. The van der Waals surface area contributed by atoms with E-state index in [2.05, 4.69) is 15.3 Å². The Hall–Kier alpha value is -2.28. The molecule has 0 fully saturated rings. The van der Waals surface area contributed by atoms with E-state index in [0.29, 0.717) is 6.54 Å². The molecule has 0 radical (unpaired) electrons. The molecular weight excluding hydrogens is 290 g/mol. The summed E-state index contributed by atoms with van der Waals surface area (Å²) in [6, 6.07) is 4.00. The molecule has 6 nitrogen and oxygen atoms in total. The molecule has 1 amide bonds. The fraction of sp³-hybridized carbons (Fsp3) is 0.286. The van der Waals surface area contributed by atoms with Crippen molar-refractivity contribution in [3.8, 4) is 0 Å². The van der Waals surface area contributed by atoms with Gasteiger partial charge in [0, 0.05) is 16.8 Å². The molecule has 0 aliphatic rings. The number of nitrogens with one attached hydrogen (secondary N) is 1. The molecule has 0 saturated carbocycles. The predicted molar refractivity (Wildman–Crippen MR) is 78.7 cm³/mol. The van der Waals surface area contributed by atoms with E-state index in [1.807, 2.05) is 31.4 Å². The van der Waals surface area contributed by atoms with Gasteiger partial charge in [0.15, 0.2) is 5.69 Å². The van der Waals surface area contributed by atoms with Gasteiger partial charge in [-0.2, -0.15) is 0 Å². The van der Waals surface area contributed by atoms with E-state index in [9.17, 15) is 9.59 Å². The summed E-state index contributed by atoms with van der Waals surface area (Å²) in [6.45, 7) is 4.53. The van der Waals surface area contributed by atoms with Crippen molar-refractivity contribution in [2.45, 2.75) is 19.3 Å². The Bertz CT molecular complexity index is 636. The number of rotatable bonds is 5. The van der Waals surface area contributed by atoms with Crippen LogP contribution in [0, 0.1) is 0 Å². The Morgan fingerprint density at radius 1 is 1.29 bits per heavy atom. The molecule has 2 aromatic heterocycles. The Labute approximate surface area is 125 Å². The first-order valence-electron chi connectivity index (χ1n) is 6.28. The number of hydrogen-bond donors (Lipinski definition) is 2. The molecular formula is C14H15N3O3S. The van der Waals surface area contributed by atoms with Crippen LogP contribution in [-0.4, -0.2) is 33.5 Å². The highest BCUT2D eigenvalue weighted by Gasteiger charge is 2.23. The highest BCUT2D eigenvalue weighted by molar-refractivity contribution is 7.10. The van der Waals surface area contributed by atoms with Crippen LogP contribution in [0.3, 0.4) is 0 Å². The lowest BCUT2D eigenvalue weighted by Crippen LogP contribution is -2.36. The number of nitrogens with zero attached hydrogens (tertiary/aromatic N) is 2. The molecule has 0 bridgehead atoms. The largest absolute Gasteiger partial charge is 0.476 e. The lowest BCUT2D eigenvalue weighted by molar-refractivity contribution is 0.0689. The number of carboxylic acid groups (broad SMARTS) is 1. The third-order valence-corrected chi connectivity index (χ3v) is 4.22. The summed E-state index contributed by atoms with van der Waals surface area (Å²) in [6.07, 6.45) is 2.23. The first kappa shape index (κ1) is 15.1. The SMILES string of the molecule is CC(C)(CNC(=O)c1cnc(C(=O)O)cn1)c1cccs1. The van der Waals surface area contributed by atoms with Crippen molar-refractivity contribution in [2.24, 2.45) is 0 Å². The van der Waals surface area contributed by atoms with Crippen LogP contribution >= 0.6 is 11.3 Å². The van der Waals surface area contributed by atoms with E-state index >= 15 is 0 Å². The number of amides is 1. The maximum absolute atomic E-state index is 12.0. The van der Waals surface area contributed by atoms with Crippen molar-refractivity contribution in [1.29, 1.82) is 0 Å². The standard InChI is InChI=1S/C14H15N3O3S/c1-14(2,11-4-3-5-21-11)8-17-12(18)9-6-16-10(7-15-9)13(19)20/h3-7H,8H2,1-2H3,(H,17,18)(H,19,20). The number of aromatic nitrogens is 2. The predicted octanol–water partition coefficient (Wildman–Crippen LogP) is 1.94. The monoisotopic (exact) mass is 305 g/mol. The minimum absolute atomic E-state index is 0.0991. The molecule has 0 saturated heterocycles. The van der Waals surface area contributed by atoms with Crippen molar-refractivity contribution in [1.82, 2.24) is 15.3 Å². The van der Waals surface area contributed by atoms with Crippen molar-refractivity contribution >= 4 is 23.2 Å². The molecule has 2 heterocycles. The van der Waals surface area contributed by atoms with Gasteiger partial charge < -0.3 is 10.4 Å². The second-order valence-corrected chi connectivity index (χ2v) is 6.08. The maximum Gasteiger partial charge on any atom is 0.356 e. The molecule has 110 valence electrons. The van der Waals surface area contributed by atoms with Gasteiger partial charge in [-0.3, -0.25) is 4.79 Å². The quantitative estimate of drug-likeness (QED) is 0.880. The zero-order valence-corrected chi connectivity index (χ0v) is 12.5. The van der Waals surface area contributed by atoms with Crippen LogP contribution < -0.4 is 5.32 Å². The summed E-state index contributed by atoms with van der Waals surface area (Å²) in [7, 11) is 0. The minimum Gasteiger partial charge on any atom is -0.476 e. The lowest BCUT2D eigenvalue weighted by atomic mass is 9.91. The third kappa shape index (κ3) is 3.63. The Balaban J connectivity index is 2.00. The molecule has 7 heteroatoms. The molecule has 0 aliphatic heterocycles. The van der Waals surface area contributed by atoms with Crippen molar-refractivity contribution < 1.29 is 14.7 Å². The summed E-state index contributed by atoms with van der Waals surface area (Å²) >= 11 is 1.64. The van der Waals surface area contributed by atoms with Crippen molar-refractivity contribution in [3.63, 3.8) is 0 Å². The molecule has 0 spiro atoms.